The van der Waals surface area contributed by atoms with Crippen molar-refractivity contribution in [2.75, 3.05) is 0 Å². The Morgan fingerprint density at radius 2 is 1.76 bits per heavy atom. The van der Waals surface area contributed by atoms with Gasteiger partial charge in [-0.2, -0.15) is 0 Å². The molecule has 0 aliphatic carbocycles. The van der Waals surface area contributed by atoms with Gasteiger partial charge in [0.1, 0.15) is 6.61 Å². The van der Waals surface area contributed by atoms with Crippen LogP contribution in [0.3, 0.4) is 0 Å². The van der Waals surface area contributed by atoms with Crippen LogP contribution in [0.25, 0.3) is 5.69 Å². The van der Waals surface area contributed by atoms with Crippen LogP contribution in [0, 0.1) is 21.5 Å². The third-order valence-corrected chi connectivity index (χ3v) is 4.17. The number of hydrogen-bond donors (Lipinski definition) is 0. The highest BCUT2D eigenvalue weighted by atomic mass is 32.1. The van der Waals surface area contributed by atoms with Gasteiger partial charge in [-0.1, -0.05) is 30.4 Å². The summed E-state index contributed by atoms with van der Waals surface area (Å²) in [5.74, 6) is 0.639. The maximum Gasteiger partial charge on any atom is 0.269 e. The Morgan fingerprint density at radius 3 is 2.40 bits per heavy atom. The largest absolute Gasteiger partial charge is 0.486 e. The lowest BCUT2D eigenvalue weighted by Crippen LogP contribution is -2.05. The summed E-state index contributed by atoms with van der Waals surface area (Å²) in [6.07, 6.45) is 1.92. The van der Waals surface area contributed by atoms with E-state index in [1.54, 1.807) is 12.1 Å². The Labute approximate surface area is 150 Å². The molecule has 25 heavy (non-hydrogen) atoms. The molecule has 0 aliphatic heterocycles. The number of nitro groups is 1. The number of non-ortho nitro benzene ring substituents is 1. The van der Waals surface area contributed by atoms with Gasteiger partial charge in [0, 0.05) is 24.0 Å². The number of aromatic nitrogens is 1. The molecule has 5 nitrogen and oxygen atoms in total. The molecular weight excluding hydrogens is 336 g/mol. The van der Waals surface area contributed by atoms with Crippen LogP contribution in [0.5, 0.6) is 5.75 Å². The Kier molecular flexibility index (Phi) is 4.90. The van der Waals surface area contributed by atoms with E-state index in [1.165, 1.54) is 12.1 Å². The Hall–Kier alpha value is -2.99. The van der Waals surface area contributed by atoms with E-state index in [-0.39, 0.29) is 5.69 Å². The summed E-state index contributed by atoms with van der Waals surface area (Å²) in [6.45, 7) is 2.25. The fourth-order valence-corrected chi connectivity index (χ4v) is 2.80. The molecule has 0 fully saturated rings. The molecule has 0 spiro atoms. The minimum Gasteiger partial charge on any atom is -0.486 e. The van der Waals surface area contributed by atoms with Crippen LogP contribution in [0.4, 0.5) is 5.69 Å². The first-order chi connectivity index (χ1) is 12.1. The van der Waals surface area contributed by atoms with E-state index in [0.29, 0.717) is 16.9 Å². The first kappa shape index (κ1) is 16.9. The molecule has 6 heteroatoms. The van der Waals surface area contributed by atoms with Crippen molar-refractivity contribution in [3.05, 3.63) is 92.7 Å². The Morgan fingerprint density at radius 1 is 1.08 bits per heavy atom. The lowest BCUT2D eigenvalue weighted by atomic mass is 10.2. The summed E-state index contributed by atoms with van der Waals surface area (Å²) in [5.41, 5.74) is 2.83. The molecule has 0 aliphatic rings. The number of nitro benzene ring substituents is 1. The summed E-state index contributed by atoms with van der Waals surface area (Å²) >= 11 is 5.39. The van der Waals surface area contributed by atoms with Crippen molar-refractivity contribution in [2.24, 2.45) is 0 Å². The molecule has 3 aromatic rings. The van der Waals surface area contributed by atoms with Crippen LogP contribution in [-0.4, -0.2) is 9.49 Å². The zero-order chi connectivity index (χ0) is 17.8. The number of pyridine rings is 1. The summed E-state index contributed by atoms with van der Waals surface area (Å²) < 4.78 is 8.57. The van der Waals surface area contributed by atoms with Gasteiger partial charge in [0.2, 0.25) is 0 Å². The lowest BCUT2D eigenvalue weighted by molar-refractivity contribution is -0.384. The van der Waals surface area contributed by atoms with Crippen molar-refractivity contribution in [1.29, 1.82) is 0 Å². The van der Waals surface area contributed by atoms with Crippen LogP contribution in [0.2, 0.25) is 0 Å². The van der Waals surface area contributed by atoms with E-state index in [4.69, 9.17) is 17.0 Å². The molecule has 1 heterocycles. The average Bonchev–Trinajstić information content (AvgIpc) is 2.63. The number of nitrogens with zero attached hydrogens (tertiary/aromatic N) is 2. The van der Waals surface area contributed by atoms with Crippen molar-refractivity contribution in [2.45, 2.75) is 13.5 Å². The Balaban J connectivity index is 1.85. The van der Waals surface area contributed by atoms with E-state index in [1.807, 2.05) is 54.1 Å². The van der Waals surface area contributed by atoms with E-state index >= 15 is 0 Å². The van der Waals surface area contributed by atoms with Crippen LogP contribution in [0.1, 0.15) is 11.3 Å². The second-order valence-electron chi connectivity index (χ2n) is 5.51. The van der Waals surface area contributed by atoms with E-state index in [9.17, 15) is 10.1 Å². The quantitative estimate of drug-likeness (QED) is 0.368. The van der Waals surface area contributed by atoms with Gasteiger partial charge < -0.3 is 9.30 Å². The molecule has 0 bridgehead atoms. The highest BCUT2D eigenvalue weighted by molar-refractivity contribution is 7.71. The molecule has 1 aromatic heterocycles. The van der Waals surface area contributed by atoms with E-state index < -0.39 is 4.92 Å². The first-order valence-corrected chi connectivity index (χ1v) is 8.11. The van der Waals surface area contributed by atoms with E-state index in [2.05, 4.69) is 0 Å². The molecule has 0 amide bonds. The van der Waals surface area contributed by atoms with Gasteiger partial charge in [-0.05, 0) is 42.8 Å². The SMILES string of the molecule is Cc1c(OCc2ccc([N+](=O)[O-])cc2)c(=S)ccn1-c1ccccc1. The summed E-state index contributed by atoms with van der Waals surface area (Å²) in [7, 11) is 0. The monoisotopic (exact) mass is 352 g/mol. The van der Waals surface area contributed by atoms with Crippen molar-refractivity contribution in [1.82, 2.24) is 4.57 Å². The third kappa shape index (κ3) is 3.75. The fraction of sp³-hybridized carbons (Fsp3) is 0.105. The fourth-order valence-electron chi connectivity index (χ4n) is 2.53. The van der Waals surface area contributed by atoms with E-state index in [0.717, 1.165) is 16.9 Å². The number of ether oxygens (including phenoxy) is 1. The zero-order valence-electron chi connectivity index (χ0n) is 13.6. The van der Waals surface area contributed by atoms with Crippen molar-refractivity contribution >= 4 is 17.9 Å². The molecule has 0 unspecified atom stereocenters. The number of para-hydroxylation sites is 1. The molecule has 0 atom stereocenters. The number of hydrogen-bond acceptors (Lipinski definition) is 4. The molecule has 0 radical (unpaired) electrons. The van der Waals surface area contributed by atoms with Gasteiger partial charge in [-0.15, -0.1) is 0 Å². The highest BCUT2D eigenvalue weighted by Crippen LogP contribution is 2.24. The minimum atomic E-state index is -0.421. The standard InChI is InChI=1S/C19H16N2O3S/c1-14-19(24-13-15-7-9-17(10-8-15)21(22)23)18(25)11-12-20(14)16-5-3-2-4-6-16/h2-12H,13H2,1H3. The van der Waals surface area contributed by atoms with Gasteiger partial charge in [-0.25, -0.2) is 0 Å². The van der Waals surface area contributed by atoms with Gasteiger partial charge >= 0.3 is 0 Å². The average molecular weight is 352 g/mol. The van der Waals surface area contributed by atoms with Gasteiger partial charge in [0.15, 0.2) is 5.75 Å². The smallest absolute Gasteiger partial charge is 0.269 e. The van der Waals surface area contributed by atoms with Gasteiger partial charge in [0.25, 0.3) is 5.69 Å². The van der Waals surface area contributed by atoms with Crippen LogP contribution in [0.15, 0.2) is 66.9 Å². The number of benzene rings is 2. The molecule has 0 saturated heterocycles. The highest BCUT2D eigenvalue weighted by Gasteiger charge is 2.09. The van der Waals surface area contributed by atoms with Gasteiger partial charge in [0.05, 0.1) is 15.1 Å². The second kappa shape index (κ2) is 7.27. The van der Waals surface area contributed by atoms with Crippen molar-refractivity contribution < 1.29 is 9.66 Å². The number of rotatable bonds is 5. The molecule has 2 aromatic carbocycles. The van der Waals surface area contributed by atoms with Crippen LogP contribution < -0.4 is 4.74 Å². The predicted molar refractivity (Wildman–Crippen MR) is 98.8 cm³/mol. The molecule has 0 saturated carbocycles. The topological polar surface area (TPSA) is 57.3 Å². The zero-order valence-corrected chi connectivity index (χ0v) is 14.4. The molecule has 3 rings (SSSR count). The molecule has 0 N–H and O–H groups in total. The molecular formula is C19H16N2O3S. The lowest BCUT2D eigenvalue weighted by Gasteiger charge is -2.16. The predicted octanol–water partition coefficient (Wildman–Crippen LogP) is 5.00. The van der Waals surface area contributed by atoms with Gasteiger partial charge in [-0.3, -0.25) is 10.1 Å². The minimum absolute atomic E-state index is 0.0607. The summed E-state index contributed by atoms with van der Waals surface area (Å²) in [5, 5.41) is 10.7. The maximum atomic E-state index is 10.7. The first-order valence-electron chi connectivity index (χ1n) is 7.70. The summed E-state index contributed by atoms with van der Waals surface area (Å²) in [6, 6.07) is 18.1. The van der Waals surface area contributed by atoms with Crippen molar-refractivity contribution in [3.8, 4) is 11.4 Å². The Bertz CT molecular complexity index is 951. The maximum absolute atomic E-state index is 10.7. The van der Waals surface area contributed by atoms with Crippen LogP contribution >= 0.6 is 12.2 Å². The van der Waals surface area contributed by atoms with Crippen molar-refractivity contribution in [3.63, 3.8) is 0 Å². The third-order valence-electron chi connectivity index (χ3n) is 3.85. The second-order valence-corrected chi connectivity index (χ2v) is 5.95. The summed E-state index contributed by atoms with van der Waals surface area (Å²) in [4.78, 5) is 10.3. The van der Waals surface area contributed by atoms with Crippen LogP contribution in [-0.2, 0) is 6.61 Å². The molecule has 126 valence electrons. The normalized spacial score (nSPS) is 10.4.